The van der Waals surface area contributed by atoms with Crippen LogP contribution in [0.2, 0.25) is 0 Å². The average Bonchev–Trinajstić information content (AvgIpc) is 2.88. The minimum atomic E-state index is -3.47. The van der Waals surface area contributed by atoms with Crippen molar-refractivity contribution in [3.63, 3.8) is 0 Å². The van der Waals surface area contributed by atoms with Crippen molar-refractivity contribution in [2.75, 3.05) is 45.3 Å². The standard InChI is InChI=1S/C24H26N4O4S/c1-31-22-10-8-20(18-23(22)32-2)21-9-11-24(26-25-21)27-13-15-28(16-14-27)33(29,30)17-12-19-6-4-3-5-7-19/h3-12,17-18H,13-16H2,1-2H3/b17-12-. The summed E-state index contributed by atoms with van der Waals surface area (Å²) in [5.74, 6) is 1.99. The van der Waals surface area contributed by atoms with Crippen molar-refractivity contribution >= 4 is 21.9 Å². The van der Waals surface area contributed by atoms with Gasteiger partial charge >= 0.3 is 0 Å². The Kier molecular flexibility index (Phi) is 6.90. The van der Waals surface area contributed by atoms with Gasteiger partial charge in [-0.3, -0.25) is 0 Å². The van der Waals surface area contributed by atoms with Crippen molar-refractivity contribution in [2.45, 2.75) is 0 Å². The molecule has 1 aliphatic heterocycles. The summed E-state index contributed by atoms with van der Waals surface area (Å²) in [7, 11) is -0.289. The van der Waals surface area contributed by atoms with Crippen LogP contribution >= 0.6 is 0 Å². The smallest absolute Gasteiger partial charge is 0.236 e. The molecule has 0 bridgehead atoms. The monoisotopic (exact) mass is 466 g/mol. The zero-order chi connectivity index (χ0) is 23.3. The van der Waals surface area contributed by atoms with E-state index in [0.29, 0.717) is 43.4 Å². The minimum absolute atomic E-state index is 0.389. The Bertz CT molecular complexity index is 1210. The molecule has 0 amide bonds. The summed E-state index contributed by atoms with van der Waals surface area (Å²) in [5, 5.41) is 9.99. The highest BCUT2D eigenvalue weighted by Crippen LogP contribution is 2.31. The Balaban J connectivity index is 1.39. The number of nitrogens with zero attached hydrogens (tertiary/aromatic N) is 4. The molecule has 1 aromatic heterocycles. The second kappa shape index (κ2) is 10.0. The van der Waals surface area contributed by atoms with Crippen LogP contribution in [0.4, 0.5) is 5.82 Å². The normalized spacial score (nSPS) is 15.0. The summed E-state index contributed by atoms with van der Waals surface area (Å²) < 4.78 is 37.5. The van der Waals surface area contributed by atoms with Gasteiger partial charge in [0.15, 0.2) is 17.3 Å². The van der Waals surface area contributed by atoms with E-state index in [9.17, 15) is 8.42 Å². The zero-order valence-electron chi connectivity index (χ0n) is 18.6. The highest BCUT2D eigenvalue weighted by Gasteiger charge is 2.25. The minimum Gasteiger partial charge on any atom is -0.493 e. The zero-order valence-corrected chi connectivity index (χ0v) is 19.4. The summed E-state index contributed by atoms with van der Waals surface area (Å²) in [5.41, 5.74) is 2.43. The number of benzene rings is 2. The van der Waals surface area contributed by atoms with Crippen molar-refractivity contribution < 1.29 is 17.9 Å². The van der Waals surface area contributed by atoms with E-state index >= 15 is 0 Å². The van der Waals surface area contributed by atoms with E-state index < -0.39 is 10.0 Å². The van der Waals surface area contributed by atoms with Crippen LogP contribution in [0.15, 0.2) is 66.1 Å². The highest BCUT2D eigenvalue weighted by molar-refractivity contribution is 7.92. The quantitative estimate of drug-likeness (QED) is 0.528. The van der Waals surface area contributed by atoms with Gasteiger partial charge in [0.1, 0.15) is 0 Å². The Morgan fingerprint density at radius 2 is 1.58 bits per heavy atom. The molecule has 8 nitrogen and oxygen atoms in total. The number of aromatic nitrogens is 2. The van der Waals surface area contributed by atoms with E-state index in [2.05, 4.69) is 10.2 Å². The maximum Gasteiger partial charge on any atom is 0.236 e. The number of piperazine rings is 1. The second-order valence-corrected chi connectivity index (χ2v) is 9.31. The molecule has 1 aliphatic rings. The summed E-state index contributed by atoms with van der Waals surface area (Å²) in [6.45, 7) is 1.87. The Morgan fingerprint density at radius 3 is 2.21 bits per heavy atom. The molecule has 0 atom stereocenters. The lowest BCUT2D eigenvalue weighted by molar-refractivity contribution is 0.355. The molecule has 33 heavy (non-hydrogen) atoms. The predicted molar refractivity (Wildman–Crippen MR) is 129 cm³/mol. The van der Waals surface area contributed by atoms with E-state index in [1.807, 2.05) is 65.6 Å². The van der Waals surface area contributed by atoms with Gasteiger partial charge in [0, 0.05) is 37.2 Å². The predicted octanol–water partition coefficient (Wildman–Crippen LogP) is 3.28. The van der Waals surface area contributed by atoms with Gasteiger partial charge in [-0.05, 0) is 42.0 Å². The van der Waals surface area contributed by atoms with Gasteiger partial charge in [-0.25, -0.2) is 8.42 Å². The van der Waals surface area contributed by atoms with Crippen LogP contribution in [-0.2, 0) is 10.0 Å². The largest absolute Gasteiger partial charge is 0.493 e. The third-order valence-corrected chi connectivity index (χ3v) is 7.05. The lowest BCUT2D eigenvalue weighted by Crippen LogP contribution is -2.48. The highest BCUT2D eigenvalue weighted by atomic mass is 32.2. The van der Waals surface area contributed by atoms with Crippen LogP contribution in [0.1, 0.15) is 5.56 Å². The lowest BCUT2D eigenvalue weighted by atomic mass is 10.1. The molecule has 0 N–H and O–H groups in total. The van der Waals surface area contributed by atoms with Crippen LogP contribution < -0.4 is 14.4 Å². The molecule has 0 saturated carbocycles. The molecule has 2 aromatic carbocycles. The van der Waals surface area contributed by atoms with Gasteiger partial charge < -0.3 is 14.4 Å². The first-order chi connectivity index (χ1) is 16.0. The fourth-order valence-corrected chi connectivity index (χ4v) is 4.80. The summed E-state index contributed by atoms with van der Waals surface area (Å²) >= 11 is 0. The molecule has 0 aliphatic carbocycles. The molecular formula is C24H26N4O4S. The van der Waals surface area contributed by atoms with Crippen molar-refractivity contribution in [1.29, 1.82) is 0 Å². The van der Waals surface area contributed by atoms with Gasteiger partial charge in [0.25, 0.3) is 0 Å². The molecule has 1 fully saturated rings. The van der Waals surface area contributed by atoms with Gasteiger partial charge in [-0.15, -0.1) is 10.2 Å². The fourth-order valence-electron chi connectivity index (χ4n) is 3.63. The number of methoxy groups -OCH3 is 2. The van der Waals surface area contributed by atoms with Crippen molar-refractivity contribution in [3.05, 3.63) is 71.6 Å². The van der Waals surface area contributed by atoms with E-state index in [1.54, 1.807) is 20.3 Å². The number of ether oxygens (including phenoxy) is 2. The molecular weight excluding hydrogens is 440 g/mol. The SMILES string of the molecule is COc1ccc(-c2ccc(N3CCN(S(=O)(=O)/C=C\c4ccccc4)CC3)nn2)cc1OC. The second-order valence-electron chi connectivity index (χ2n) is 7.49. The lowest BCUT2D eigenvalue weighted by Gasteiger charge is -2.33. The van der Waals surface area contributed by atoms with E-state index in [0.717, 1.165) is 16.9 Å². The van der Waals surface area contributed by atoms with Crippen molar-refractivity contribution in [1.82, 2.24) is 14.5 Å². The van der Waals surface area contributed by atoms with Gasteiger partial charge in [0.2, 0.25) is 10.0 Å². The molecule has 4 rings (SSSR count). The first-order valence-electron chi connectivity index (χ1n) is 10.5. The Hall–Kier alpha value is -3.43. The van der Waals surface area contributed by atoms with Gasteiger partial charge in [-0.1, -0.05) is 30.3 Å². The molecule has 1 saturated heterocycles. The average molecular weight is 467 g/mol. The fraction of sp³-hybridized carbons (Fsp3) is 0.250. The maximum atomic E-state index is 12.7. The number of anilines is 1. The van der Waals surface area contributed by atoms with Crippen molar-refractivity contribution in [3.8, 4) is 22.8 Å². The van der Waals surface area contributed by atoms with Crippen LogP contribution in [0.5, 0.6) is 11.5 Å². The van der Waals surface area contributed by atoms with Gasteiger partial charge in [-0.2, -0.15) is 4.31 Å². The number of hydrogen-bond acceptors (Lipinski definition) is 7. The molecule has 0 spiro atoms. The topological polar surface area (TPSA) is 84.9 Å². The van der Waals surface area contributed by atoms with E-state index in [-0.39, 0.29) is 0 Å². The third-order valence-electron chi connectivity index (χ3n) is 5.48. The van der Waals surface area contributed by atoms with Crippen LogP contribution in [0, 0.1) is 0 Å². The summed E-state index contributed by atoms with van der Waals surface area (Å²) in [4.78, 5) is 2.04. The van der Waals surface area contributed by atoms with E-state index in [4.69, 9.17) is 9.47 Å². The number of rotatable bonds is 7. The Morgan fingerprint density at radius 1 is 0.848 bits per heavy atom. The van der Waals surface area contributed by atoms with Crippen molar-refractivity contribution in [2.24, 2.45) is 0 Å². The first kappa shape index (κ1) is 22.8. The molecule has 2 heterocycles. The summed E-state index contributed by atoms with van der Waals surface area (Å²) in [6.07, 6.45) is 1.63. The van der Waals surface area contributed by atoms with Gasteiger partial charge in [0.05, 0.1) is 19.9 Å². The van der Waals surface area contributed by atoms with Crippen LogP contribution in [0.3, 0.4) is 0 Å². The maximum absolute atomic E-state index is 12.7. The number of sulfonamides is 1. The summed E-state index contributed by atoms with van der Waals surface area (Å²) in [6, 6.07) is 18.8. The number of hydrogen-bond donors (Lipinski definition) is 0. The molecule has 0 radical (unpaired) electrons. The molecule has 172 valence electrons. The molecule has 0 unspecified atom stereocenters. The third kappa shape index (κ3) is 5.32. The van der Waals surface area contributed by atoms with Crippen LogP contribution in [-0.4, -0.2) is 63.3 Å². The van der Waals surface area contributed by atoms with Crippen LogP contribution in [0.25, 0.3) is 17.3 Å². The first-order valence-corrected chi connectivity index (χ1v) is 12.0. The Labute approximate surface area is 194 Å². The molecule has 9 heteroatoms. The van der Waals surface area contributed by atoms with E-state index in [1.165, 1.54) is 9.71 Å². The molecule has 3 aromatic rings.